The van der Waals surface area contributed by atoms with Crippen LogP contribution in [0.25, 0.3) is 0 Å². The minimum atomic E-state index is 0.0641. The van der Waals surface area contributed by atoms with Gasteiger partial charge < -0.3 is 5.32 Å². The zero-order valence-corrected chi connectivity index (χ0v) is 17.6. The molecule has 1 amide bonds. The fraction of sp³-hybridized carbons (Fsp3) is 0.600. The van der Waals surface area contributed by atoms with E-state index in [1.165, 1.54) is 17.7 Å². The number of nitrogens with zero attached hydrogens (tertiary/aromatic N) is 5. The van der Waals surface area contributed by atoms with Crippen LogP contribution in [-0.2, 0) is 24.4 Å². The van der Waals surface area contributed by atoms with Gasteiger partial charge in [0.2, 0.25) is 5.91 Å². The quantitative estimate of drug-likeness (QED) is 0.650. The molecule has 1 aliphatic heterocycles. The van der Waals surface area contributed by atoms with Gasteiger partial charge in [-0.25, -0.2) is 4.68 Å². The molecule has 0 atom stereocenters. The number of nitrogens with one attached hydrogen (secondary N) is 1. The summed E-state index contributed by atoms with van der Waals surface area (Å²) < 4.78 is 1.84. The monoisotopic (exact) mass is 402 g/mol. The number of thioether (sulfide) groups is 1. The molecule has 2 heterocycles. The summed E-state index contributed by atoms with van der Waals surface area (Å²) in [5, 5.41) is 15.1. The maximum absolute atomic E-state index is 12.1. The Bertz CT molecular complexity index is 757. The van der Waals surface area contributed by atoms with Gasteiger partial charge >= 0.3 is 0 Å². The van der Waals surface area contributed by atoms with Crippen molar-refractivity contribution in [2.45, 2.75) is 57.1 Å². The Morgan fingerprint density at radius 2 is 2.14 bits per heavy atom. The second kappa shape index (κ2) is 10.6. The van der Waals surface area contributed by atoms with Crippen LogP contribution in [-0.4, -0.2) is 50.4 Å². The molecule has 7 nitrogen and oxygen atoms in total. The maximum atomic E-state index is 12.1. The molecule has 0 radical (unpaired) electrons. The number of carbonyl (C=O) groups excluding carboxylic acids is 1. The first kappa shape index (κ1) is 20.8. The zero-order valence-electron chi connectivity index (χ0n) is 16.8. The van der Waals surface area contributed by atoms with Crippen molar-refractivity contribution in [2.24, 2.45) is 5.92 Å². The molecular formula is C20H30N6OS. The van der Waals surface area contributed by atoms with E-state index in [4.69, 9.17) is 0 Å². The van der Waals surface area contributed by atoms with E-state index < -0.39 is 0 Å². The van der Waals surface area contributed by atoms with E-state index in [-0.39, 0.29) is 5.91 Å². The number of rotatable bonds is 9. The second-order valence-corrected chi connectivity index (χ2v) is 8.39. The topological polar surface area (TPSA) is 75.9 Å². The summed E-state index contributed by atoms with van der Waals surface area (Å²) in [7, 11) is 0. The predicted octanol–water partition coefficient (Wildman–Crippen LogP) is 2.72. The molecule has 1 saturated heterocycles. The van der Waals surface area contributed by atoms with Crippen molar-refractivity contribution >= 4 is 17.7 Å². The van der Waals surface area contributed by atoms with Gasteiger partial charge in [0.25, 0.3) is 0 Å². The van der Waals surface area contributed by atoms with Gasteiger partial charge in [-0.3, -0.25) is 9.69 Å². The largest absolute Gasteiger partial charge is 0.352 e. The average molecular weight is 403 g/mol. The fourth-order valence-corrected chi connectivity index (χ4v) is 3.88. The van der Waals surface area contributed by atoms with Gasteiger partial charge in [0.1, 0.15) is 0 Å². The van der Waals surface area contributed by atoms with Crippen molar-refractivity contribution in [1.29, 1.82) is 0 Å². The first-order valence-electron chi connectivity index (χ1n) is 10.0. The number of piperidine rings is 1. The smallest absolute Gasteiger partial charge is 0.220 e. The van der Waals surface area contributed by atoms with Crippen LogP contribution in [0.1, 0.15) is 44.0 Å². The van der Waals surface area contributed by atoms with Gasteiger partial charge in [-0.15, -0.1) is 16.9 Å². The Labute approximate surface area is 171 Å². The zero-order chi connectivity index (χ0) is 19.8. The molecule has 1 N–H and O–H groups in total. The summed E-state index contributed by atoms with van der Waals surface area (Å²) in [6.07, 6.45) is 5.73. The highest BCUT2D eigenvalue weighted by molar-refractivity contribution is 7.98. The third-order valence-corrected chi connectivity index (χ3v) is 5.97. The molecule has 2 aromatic rings. The number of likely N-dealkylation sites (tertiary alicyclic amines) is 1. The first-order valence-corrected chi connectivity index (χ1v) is 11.2. The molecule has 8 heteroatoms. The molecule has 0 saturated carbocycles. The van der Waals surface area contributed by atoms with Gasteiger partial charge in [-0.05, 0) is 72.6 Å². The van der Waals surface area contributed by atoms with E-state index in [1.54, 1.807) is 11.8 Å². The van der Waals surface area contributed by atoms with Crippen LogP contribution in [0.5, 0.6) is 0 Å². The van der Waals surface area contributed by atoms with Crippen molar-refractivity contribution in [2.75, 3.05) is 19.3 Å². The van der Waals surface area contributed by atoms with Crippen molar-refractivity contribution < 1.29 is 4.79 Å². The number of tetrazole rings is 1. The minimum absolute atomic E-state index is 0.0641. The molecule has 1 aromatic heterocycles. The lowest BCUT2D eigenvalue weighted by Gasteiger charge is -2.29. The lowest BCUT2D eigenvalue weighted by Crippen LogP contribution is -2.33. The first-order chi connectivity index (χ1) is 13.6. The van der Waals surface area contributed by atoms with Crippen LogP contribution in [0.2, 0.25) is 0 Å². The predicted molar refractivity (Wildman–Crippen MR) is 111 cm³/mol. The standard InChI is InChI=1S/C20H30N6OS/c1-16-8-11-25(12-9-16)15-19-22-23-24-26(19)10-4-7-20(27)21-14-17-5-3-6-18(13-17)28-2/h3,5-6,13,16H,4,7-12,14-15H2,1-2H3,(H,21,27). The molecule has 0 bridgehead atoms. The highest BCUT2D eigenvalue weighted by Crippen LogP contribution is 2.17. The van der Waals surface area contributed by atoms with Gasteiger partial charge in [0.05, 0.1) is 6.54 Å². The molecule has 1 fully saturated rings. The average Bonchev–Trinajstić information content (AvgIpc) is 3.15. The molecule has 152 valence electrons. The van der Waals surface area contributed by atoms with Crippen LogP contribution in [0, 0.1) is 5.92 Å². The highest BCUT2D eigenvalue weighted by atomic mass is 32.2. The molecule has 0 spiro atoms. The van der Waals surface area contributed by atoms with Crippen molar-refractivity contribution in [1.82, 2.24) is 30.4 Å². The lowest BCUT2D eigenvalue weighted by atomic mass is 9.99. The van der Waals surface area contributed by atoms with E-state index >= 15 is 0 Å². The Morgan fingerprint density at radius 1 is 1.32 bits per heavy atom. The summed E-state index contributed by atoms with van der Waals surface area (Å²) in [6, 6.07) is 8.24. The number of hydrogen-bond donors (Lipinski definition) is 1. The number of aryl methyl sites for hydroxylation is 1. The van der Waals surface area contributed by atoms with E-state index in [9.17, 15) is 4.79 Å². The summed E-state index contributed by atoms with van der Waals surface area (Å²) in [6.45, 7) is 6.55. The van der Waals surface area contributed by atoms with E-state index in [0.717, 1.165) is 43.4 Å². The summed E-state index contributed by atoms with van der Waals surface area (Å²) >= 11 is 1.71. The molecule has 0 aliphatic carbocycles. The molecule has 3 rings (SSSR count). The van der Waals surface area contributed by atoms with Gasteiger partial charge in [-0.1, -0.05) is 19.1 Å². The minimum Gasteiger partial charge on any atom is -0.352 e. The normalized spacial score (nSPS) is 15.6. The highest BCUT2D eigenvalue weighted by Gasteiger charge is 2.18. The van der Waals surface area contributed by atoms with Crippen molar-refractivity contribution in [3.05, 3.63) is 35.7 Å². The van der Waals surface area contributed by atoms with Gasteiger partial charge in [0.15, 0.2) is 5.82 Å². The van der Waals surface area contributed by atoms with E-state index in [0.29, 0.717) is 19.5 Å². The van der Waals surface area contributed by atoms with Crippen LogP contribution >= 0.6 is 11.8 Å². The van der Waals surface area contributed by atoms with Gasteiger partial charge in [-0.2, -0.15) is 0 Å². The van der Waals surface area contributed by atoms with Crippen LogP contribution in [0.3, 0.4) is 0 Å². The van der Waals surface area contributed by atoms with E-state index in [2.05, 4.69) is 51.1 Å². The summed E-state index contributed by atoms with van der Waals surface area (Å²) in [4.78, 5) is 15.8. The molecule has 1 aromatic carbocycles. The number of carbonyl (C=O) groups is 1. The summed E-state index contributed by atoms with van der Waals surface area (Å²) in [5.74, 6) is 1.77. The molecule has 1 aliphatic rings. The van der Waals surface area contributed by atoms with Crippen LogP contribution in [0.4, 0.5) is 0 Å². The third kappa shape index (κ3) is 6.31. The second-order valence-electron chi connectivity index (χ2n) is 7.51. The SMILES string of the molecule is CSc1cccc(CNC(=O)CCCn2nnnc2CN2CCC(C)CC2)c1. The number of hydrogen-bond acceptors (Lipinski definition) is 6. The Balaban J connectivity index is 1.39. The molecular weight excluding hydrogens is 372 g/mol. The Kier molecular flexibility index (Phi) is 7.85. The van der Waals surface area contributed by atoms with Crippen molar-refractivity contribution in [3.63, 3.8) is 0 Å². The van der Waals surface area contributed by atoms with E-state index in [1.807, 2.05) is 16.8 Å². The third-order valence-electron chi connectivity index (χ3n) is 5.24. The number of benzene rings is 1. The Morgan fingerprint density at radius 3 is 2.93 bits per heavy atom. The number of aromatic nitrogens is 4. The fourth-order valence-electron chi connectivity index (χ4n) is 3.39. The Hall–Kier alpha value is -1.93. The lowest BCUT2D eigenvalue weighted by molar-refractivity contribution is -0.121. The summed E-state index contributed by atoms with van der Waals surface area (Å²) in [5.41, 5.74) is 1.12. The molecule has 28 heavy (non-hydrogen) atoms. The van der Waals surface area contributed by atoms with Gasteiger partial charge in [0, 0.05) is 24.4 Å². The van der Waals surface area contributed by atoms with Crippen LogP contribution in [0.15, 0.2) is 29.2 Å². The number of amides is 1. The molecule has 0 unspecified atom stereocenters. The van der Waals surface area contributed by atoms with Crippen LogP contribution < -0.4 is 5.32 Å². The van der Waals surface area contributed by atoms with Crippen molar-refractivity contribution in [3.8, 4) is 0 Å². The maximum Gasteiger partial charge on any atom is 0.220 e.